The van der Waals surface area contributed by atoms with Crippen LogP contribution in [0.2, 0.25) is 0 Å². The summed E-state index contributed by atoms with van der Waals surface area (Å²) in [6, 6.07) is 5.86. The summed E-state index contributed by atoms with van der Waals surface area (Å²) in [6.07, 6.45) is 2.12. The van der Waals surface area contributed by atoms with Crippen LogP contribution in [0.5, 0.6) is 11.5 Å². The molecule has 1 heterocycles. The molecule has 1 aliphatic heterocycles. The Morgan fingerprint density at radius 1 is 1.02 bits per heavy atom. The van der Waals surface area contributed by atoms with E-state index in [0.29, 0.717) is 36.8 Å². The van der Waals surface area contributed by atoms with E-state index in [2.05, 4.69) is 5.32 Å². The fourth-order valence-electron chi connectivity index (χ4n) is 5.28. The lowest BCUT2D eigenvalue weighted by Crippen LogP contribution is -2.30. The van der Waals surface area contributed by atoms with Gasteiger partial charge in [-0.2, -0.15) is 0 Å². The number of esters is 1. The molecule has 5 rings (SSSR count). The highest BCUT2D eigenvalue weighted by Gasteiger charge is 2.41. The molecule has 2 aromatic carbocycles. The summed E-state index contributed by atoms with van der Waals surface area (Å²) in [6.45, 7) is 6.26. The SMILES string of the molecule is CC.CCC1CCc2c(cc3c(c2O)C(=O)c2c(O)cccc2C3=O)C1C(=O)OC.CNC.OC1CCC(O)OC1. The highest BCUT2D eigenvalue weighted by atomic mass is 16.6. The Hall–Kier alpha value is -3.31. The topological polar surface area (TPSA) is 163 Å². The third-order valence-corrected chi connectivity index (χ3v) is 7.21. The average molecular weight is 574 g/mol. The molecule has 10 heteroatoms. The fourth-order valence-corrected chi connectivity index (χ4v) is 5.28. The minimum Gasteiger partial charge on any atom is -0.507 e. The van der Waals surface area contributed by atoms with Crippen molar-refractivity contribution in [3.05, 3.63) is 57.6 Å². The number of hydrogen-bond donors (Lipinski definition) is 5. The van der Waals surface area contributed by atoms with Crippen LogP contribution in [0.4, 0.5) is 0 Å². The quantitative estimate of drug-likeness (QED) is 0.287. The van der Waals surface area contributed by atoms with Gasteiger partial charge in [-0.15, -0.1) is 0 Å². The van der Waals surface area contributed by atoms with Crippen molar-refractivity contribution >= 4 is 17.5 Å². The fraction of sp³-hybridized carbons (Fsp3) is 0.516. The number of fused-ring (bicyclic) bond motifs is 3. The number of nitrogens with one attached hydrogen (secondary N) is 1. The summed E-state index contributed by atoms with van der Waals surface area (Å²) in [7, 11) is 5.06. The summed E-state index contributed by atoms with van der Waals surface area (Å²) in [4.78, 5) is 38.5. The van der Waals surface area contributed by atoms with Crippen LogP contribution in [-0.4, -0.2) is 78.2 Å². The van der Waals surface area contributed by atoms with Crippen molar-refractivity contribution in [1.29, 1.82) is 0 Å². The molecule has 41 heavy (non-hydrogen) atoms. The number of benzene rings is 2. The smallest absolute Gasteiger partial charge is 0.313 e. The van der Waals surface area contributed by atoms with E-state index in [1.54, 1.807) is 6.07 Å². The van der Waals surface area contributed by atoms with Gasteiger partial charge < -0.3 is 35.2 Å². The van der Waals surface area contributed by atoms with Crippen LogP contribution in [0.3, 0.4) is 0 Å². The second-order valence-electron chi connectivity index (χ2n) is 9.80. The predicted octanol–water partition coefficient (Wildman–Crippen LogP) is 3.44. The van der Waals surface area contributed by atoms with Crippen LogP contribution in [0.15, 0.2) is 24.3 Å². The van der Waals surface area contributed by atoms with E-state index < -0.39 is 29.7 Å². The molecule has 1 fully saturated rings. The number of aliphatic hydroxyl groups excluding tert-OH is 2. The number of aromatic hydroxyl groups is 2. The van der Waals surface area contributed by atoms with E-state index in [9.17, 15) is 24.6 Å². The maximum atomic E-state index is 13.1. The zero-order valence-corrected chi connectivity index (χ0v) is 24.7. The van der Waals surface area contributed by atoms with Gasteiger partial charge in [-0.3, -0.25) is 14.4 Å². The Bertz CT molecular complexity index is 1210. The first kappa shape index (κ1) is 33.9. The molecule has 0 saturated carbocycles. The van der Waals surface area contributed by atoms with Gasteiger partial charge in [0.15, 0.2) is 12.1 Å². The second kappa shape index (κ2) is 15.6. The van der Waals surface area contributed by atoms with Crippen molar-refractivity contribution in [2.24, 2.45) is 5.92 Å². The molecule has 0 amide bonds. The molecule has 2 aromatic rings. The Kier molecular flexibility index (Phi) is 12.9. The highest BCUT2D eigenvalue weighted by Crippen LogP contribution is 2.47. The largest absolute Gasteiger partial charge is 0.507 e. The molecular weight excluding hydrogens is 530 g/mol. The van der Waals surface area contributed by atoms with Gasteiger partial charge in [0, 0.05) is 17.5 Å². The van der Waals surface area contributed by atoms with Crippen LogP contribution >= 0.6 is 0 Å². The minimum absolute atomic E-state index is 0.0307. The number of phenols is 2. The van der Waals surface area contributed by atoms with E-state index in [0.717, 1.165) is 6.42 Å². The molecule has 4 atom stereocenters. The Morgan fingerprint density at radius 3 is 2.22 bits per heavy atom. The first-order chi connectivity index (χ1) is 19.6. The molecule has 1 saturated heterocycles. The van der Waals surface area contributed by atoms with E-state index in [1.807, 2.05) is 34.9 Å². The molecule has 0 bridgehead atoms. The zero-order chi connectivity index (χ0) is 30.9. The standard InChI is InChI=1S/C22H20O6.C5H10O3.C2H7N.C2H6/c1-3-10-7-8-11-13(16(10)22(27)28-2)9-14-18(20(11)25)21(26)17-12(19(14)24)5-4-6-15(17)23;6-4-1-2-5(7)8-3-4;1-3-2;1-2/h4-6,9-10,16,23,25H,3,7-8H2,1-2H3;4-7H,1-3H2;3H,1-2H3;1-2H3. The van der Waals surface area contributed by atoms with Gasteiger partial charge in [0.25, 0.3) is 0 Å². The third kappa shape index (κ3) is 7.32. The third-order valence-electron chi connectivity index (χ3n) is 7.21. The lowest BCUT2D eigenvalue weighted by molar-refractivity contribution is -0.155. The first-order valence-electron chi connectivity index (χ1n) is 14.0. The van der Waals surface area contributed by atoms with Gasteiger partial charge in [-0.25, -0.2) is 0 Å². The summed E-state index contributed by atoms with van der Waals surface area (Å²) in [5.41, 5.74) is 1.00. The Balaban J connectivity index is 0.000000379. The number of carbonyl (C=O) groups is 3. The molecule has 0 radical (unpaired) electrons. The summed E-state index contributed by atoms with van der Waals surface area (Å²) in [5, 5.41) is 41.2. The monoisotopic (exact) mass is 573 g/mol. The molecule has 0 aromatic heterocycles. The number of ketones is 2. The maximum absolute atomic E-state index is 13.1. The minimum atomic E-state index is -0.640. The molecule has 4 unspecified atom stereocenters. The molecule has 226 valence electrons. The summed E-state index contributed by atoms with van der Waals surface area (Å²) in [5.74, 6) is -2.59. The van der Waals surface area contributed by atoms with Crippen LogP contribution in [0, 0.1) is 5.92 Å². The second-order valence-corrected chi connectivity index (χ2v) is 9.80. The Labute approximate surface area is 241 Å². The number of methoxy groups -OCH3 is 1. The van der Waals surface area contributed by atoms with Crippen molar-refractivity contribution in [2.75, 3.05) is 27.8 Å². The molecule has 5 N–H and O–H groups in total. The van der Waals surface area contributed by atoms with Gasteiger partial charge in [0.2, 0.25) is 5.78 Å². The Morgan fingerprint density at radius 2 is 1.68 bits per heavy atom. The maximum Gasteiger partial charge on any atom is 0.313 e. The number of phenolic OH excluding ortho intramolecular Hbond substituents is 2. The lowest BCUT2D eigenvalue weighted by atomic mass is 9.70. The van der Waals surface area contributed by atoms with Crippen molar-refractivity contribution in [3.8, 4) is 11.5 Å². The number of hydrogen-bond acceptors (Lipinski definition) is 10. The van der Waals surface area contributed by atoms with Gasteiger partial charge in [-0.05, 0) is 62.5 Å². The number of aliphatic hydroxyl groups is 2. The highest BCUT2D eigenvalue weighted by molar-refractivity contribution is 6.30. The van der Waals surface area contributed by atoms with Gasteiger partial charge in [-0.1, -0.05) is 39.3 Å². The average Bonchev–Trinajstić information content (AvgIpc) is 2.98. The molecule has 2 aliphatic carbocycles. The van der Waals surface area contributed by atoms with Gasteiger partial charge >= 0.3 is 5.97 Å². The van der Waals surface area contributed by atoms with E-state index in [1.165, 1.54) is 25.3 Å². The zero-order valence-electron chi connectivity index (χ0n) is 24.7. The van der Waals surface area contributed by atoms with Crippen LogP contribution in [0.1, 0.15) is 95.3 Å². The molecule has 3 aliphatic rings. The lowest BCUT2D eigenvalue weighted by Gasteiger charge is -2.33. The summed E-state index contributed by atoms with van der Waals surface area (Å²) >= 11 is 0. The first-order valence-corrected chi connectivity index (χ1v) is 14.0. The van der Waals surface area contributed by atoms with Crippen LogP contribution in [-0.2, 0) is 20.7 Å². The van der Waals surface area contributed by atoms with E-state index in [-0.39, 0.29) is 52.4 Å². The van der Waals surface area contributed by atoms with Crippen molar-refractivity contribution < 1.29 is 44.3 Å². The normalized spacial score (nSPS) is 22.1. The summed E-state index contributed by atoms with van der Waals surface area (Å²) < 4.78 is 9.67. The van der Waals surface area contributed by atoms with E-state index >= 15 is 0 Å². The van der Waals surface area contributed by atoms with Crippen molar-refractivity contribution in [3.63, 3.8) is 0 Å². The van der Waals surface area contributed by atoms with Gasteiger partial charge in [0.05, 0.1) is 36.9 Å². The number of ether oxygens (including phenoxy) is 2. The number of carbonyl (C=O) groups excluding carboxylic acids is 3. The van der Waals surface area contributed by atoms with Crippen LogP contribution < -0.4 is 5.32 Å². The molecule has 10 nitrogen and oxygen atoms in total. The van der Waals surface area contributed by atoms with Crippen molar-refractivity contribution in [2.45, 2.75) is 71.2 Å². The predicted molar refractivity (Wildman–Crippen MR) is 153 cm³/mol. The van der Waals surface area contributed by atoms with Crippen molar-refractivity contribution in [1.82, 2.24) is 5.32 Å². The molecular formula is C31H43NO9. The van der Waals surface area contributed by atoms with E-state index in [4.69, 9.17) is 19.7 Å². The van der Waals surface area contributed by atoms with Crippen LogP contribution in [0.25, 0.3) is 0 Å². The number of rotatable bonds is 2. The van der Waals surface area contributed by atoms with Gasteiger partial charge in [0.1, 0.15) is 11.5 Å². The molecule has 0 spiro atoms.